The van der Waals surface area contributed by atoms with Crippen LogP contribution in [0.3, 0.4) is 0 Å². The van der Waals surface area contributed by atoms with Gasteiger partial charge in [-0.05, 0) is 23.4 Å². The lowest BCUT2D eigenvalue weighted by atomic mass is 10.1. The van der Waals surface area contributed by atoms with Crippen LogP contribution in [-0.4, -0.2) is 14.7 Å². The summed E-state index contributed by atoms with van der Waals surface area (Å²) in [4.78, 5) is 4.41. The molecule has 104 valence electrons. The average molecular weight is 270 g/mol. The van der Waals surface area contributed by atoms with Gasteiger partial charge in [0.05, 0.1) is 12.1 Å². The molecule has 5 nitrogen and oxygen atoms in total. The molecule has 3 rings (SSSR count). The number of aryl methyl sites for hydroxylation is 1. The zero-order chi connectivity index (χ0) is 13.9. The predicted molar refractivity (Wildman–Crippen MR) is 77.2 cm³/mol. The van der Waals surface area contributed by atoms with Gasteiger partial charge in [-0.1, -0.05) is 30.3 Å². The second-order valence-electron chi connectivity index (χ2n) is 4.86. The van der Waals surface area contributed by atoms with Crippen molar-refractivity contribution >= 4 is 10.9 Å². The highest BCUT2D eigenvalue weighted by molar-refractivity contribution is 5.83. The Labute approximate surface area is 117 Å². The van der Waals surface area contributed by atoms with E-state index in [2.05, 4.69) is 39.8 Å². The molecule has 0 aliphatic carbocycles. The van der Waals surface area contributed by atoms with Gasteiger partial charge >= 0.3 is 0 Å². The number of hydrogen-bond acceptors (Lipinski definition) is 4. The number of benzene rings is 1. The van der Waals surface area contributed by atoms with Gasteiger partial charge in [-0.25, -0.2) is 0 Å². The third-order valence-corrected chi connectivity index (χ3v) is 3.38. The predicted octanol–water partition coefficient (Wildman–Crippen LogP) is 2.48. The minimum atomic E-state index is 0.523. The van der Waals surface area contributed by atoms with Gasteiger partial charge < -0.3 is 14.8 Å². The molecule has 20 heavy (non-hydrogen) atoms. The van der Waals surface area contributed by atoms with Crippen molar-refractivity contribution in [3.05, 3.63) is 47.7 Å². The summed E-state index contributed by atoms with van der Waals surface area (Å²) < 4.78 is 7.35. The van der Waals surface area contributed by atoms with Crippen molar-refractivity contribution in [2.75, 3.05) is 0 Å². The van der Waals surface area contributed by atoms with Crippen molar-refractivity contribution in [2.24, 2.45) is 5.73 Å². The fraction of sp³-hybridized carbons (Fsp3) is 0.333. The molecule has 0 unspecified atom stereocenters. The van der Waals surface area contributed by atoms with E-state index in [1.165, 1.54) is 5.39 Å². The smallest absolute Gasteiger partial charge is 0.226 e. The highest BCUT2D eigenvalue weighted by Gasteiger charge is 2.10. The SMILES string of the molecule is CCCc1nc(Cn2ccc3cccc(CN)c32)no1. The molecule has 0 saturated heterocycles. The van der Waals surface area contributed by atoms with Crippen LogP contribution in [0, 0.1) is 0 Å². The summed E-state index contributed by atoms with van der Waals surface area (Å²) in [6.45, 7) is 3.22. The molecule has 0 bridgehead atoms. The molecule has 0 atom stereocenters. The summed E-state index contributed by atoms with van der Waals surface area (Å²) in [6.07, 6.45) is 3.87. The van der Waals surface area contributed by atoms with Crippen LogP contribution in [0.2, 0.25) is 0 Å². The molecule has 0 aliphatic heterocycles. The Balaban J connectivity index is 1.93. The Hall–Kier alpha value is -2.14. The zero-order valence-corrected chi connectivity index (χ0v) is 11.5. The van der Waals surface area contributed by atoms with Gasteiger partial charge in [0.15, 0.2) is 5.82 Å². The molecule has 0 fully saturated rings. The Morgan fingerprint density at radius 3 is 3.00 bits per heavy atom. The summed E-state index contributed by atoms with van der Waals surface area (Å²) in [5, 5.41) is 5.22. The highest BCUT2D eigenvalue weighted by Crippen LogP contribution is 2.20. The monoisotopic (exact) mass is 270 g/mol. The Bertz CT molecular complexity index is 714. The quantitative estimate of drug-likeness (QED) is 0.773. The molecule has 0 saturated carbocycles. The second kappa shape index (κ2) is 5.46. The first-order valence-corrected chi connectivity index (χ1v) is 6.90. The summed E-state index contributed by atoms with van der Waals surface area (Å²) in [6, 6.07) is 8.26. The van der Waals surface area contributed by atoms with Crippen LogP contribution in [0.1, 0.15) is 30.6 Å². The lowest BCUT2D eigenvalue weighted by Gasteiger charge is -2.06. The van der Waals surface area contributed by atoms with Crippen LogP contribution in [0.15, 0.2) is 35.0 Å². The number of hydrogen-bond donors (Lipinski definition) is 1. The van der Waals surface area contributed by atoms with E-state index in [4.69, 9.17) is 10.3 Å². The van der Waals surface area contributed by atoms with Crippen LogP contribution >= 0.6 is 0 Å². The number of nitrogens with zero attached hydrogens (tertiary/aromatic N) is 3. The zero-order valence-electron chi connectivity index (χ0n) is 11.5. The molecule has 3 aromatic rings. The van der Waals surface area contributed by atoms with E-state index in [0.717, 1.165) is 23.9 Å². The number of rotatable bonds is 5. The standard InChI is InChI=1S/C15H18N4O/c1-2-4-14-17-13(18-20-14)10-19-8-7-11-5-3-6-12(9-16)15(11)19/h3,5-8H,2,4,9-10,16H2,1H3. The van der Waals surface area contributed by atoms with E-state index in [1.54, 1.807) is 0 Å². The van der Waals surface area contributed by atoms with Gasteiger partial charge in [0.2, 0.25) is 5.89 Å². The van der Waals surface area contributed by atoms with Gasteiger partial charge in [-0.15, -0.1) is 0 Å². The Morgan fingerprint density at radius 1 is 1.30 bits per heavy atom. The summed E-state index contributed by atoms with van der Waals surface area (Å²) in [5.41, 5.74) is 8.10. The van der Waals surface area contributed by atoms with Crippen LogP contribution in [0.5, 0.6) is 0 Å². The topological polar surface area (TPSA) is 69.9 Å². The largest absolute Gasteiger partial charge is 0.339 e. The van der Waals surface area contributed by atoms with Crippen molar-refractivity contribution in [3.63, 3.8) is 0 Å². The maximum atomic E-state index is 5.82. The second-order valence-corrected chi connectivity index (χ2v) is 4.86. The van der Waals surface area contributed by atoms with Crippen molar-refractivity contribution in [1.82, 2.24) is 14.7 Å². The first-order chi connectivity index (χ1) is 9.81. The van der Waals surface area contributed by atoms with Gasteiger partial charge in [0.1, 0.15) is 0 Å². The molecule has 0 radical (unpaired) electrons. The summed E-state index contributed by atoms with van der Waals surface area (Å²) >= 11 is 0. The fourth-order valence-corrected chi connectivity index (χ4v) is 2.46. The molecular formula is C15H18N4O. The van der Waals surface area contributed by atoms with Crippen molar-refractivity contribution in [1.29, 1.82) is 0 Å². The van der Waals surface area contributed by atoms with Crippen LogP contribution in [-0.2, 0) is 19.5 Å². The maximum Gasteiger partial charge on any atom is 0.226 e. The van der Waals surface area contributed by atoms with Crippen molar-refractivity contribution < 1.29 is 4.52 Å². The first kappa shape index (κ1) is 12.9. The normalized spacial score (nSPS) is 11.3. The van der Waals surface area contributed by atoms with Gasteiger partial charge in [0, 0.05) is 19.2 Å². The van der Waals surface area contributed by atoms with Crippen LogP contribution in [0.4, 0.5) is 0 Å². The summed E-state index contributed by atoms with van der Waals surface area (Å²) in [7, 11) is 0. The van der Waals surface area contributed by atoms with E-state index in [1.807, 2.05) is 12.3 Å². The lowest BCUT2D eigenvalue weighted by molar-refractivity contribution is 0.371. The summed E-state index contributed by atoms with van der Waals surface area (Å²) in [5.74, 6) is 1.41. The molecule has 2 N–H and O–H groups in total. The number of fused-ring (bicyclic) bond motifs is 1. The van der Waals surface area contributed by atoms with Crippen molar-refractivity contribution in [2.45, 2.75) is 32.9 Å². The molecule has 0 spiro atoms. The van der Waals surface area contributed by atoms with Crippen molar-refractivity contribution in [3.8, 4) is 0 Å². The highest BCUT2D eigenvalue weighted by atomic mass is 16.5. The van der Waals surface area contributed by atoms with Crippen LogP contribution < -0.4 is 5.73 Å². The number of aromatic nitrogens is 3. The van der Waals surface area contributed by atoms with Gasteiger partial charge in [0.25, 0.3) is 0 Å². The molecule has 2 heterocycles. The number of para-hydroxylation sites is 1. The third-order valence-electron chi connectivity index (χ3n) is 3.38. The third kappa shape index (κ3) is 2.32. The van der Waals surface area contributed by atoms with Gasteiger partial charge in [-0.3, -0.25) is 0 Å². The molecule has 0 aliphatic rings. The molecule has 1 aromatic carbocycles. The molecule has 2 aromatic heterocycles. The average Bonchev–Trinajstić information content (AvgIpc) is 3.07. The van der Waals surface area contributed by atoms with E-state index < -0.39 is 0 Å². The molecular weight excluding hydrogens is 252 g/mol. The lowest BCUT2D eigenvalue weighted by Crippen LogP contribution is -2.04. The first-order valence-electron chi connectivity index (χ1n) is 6.90. The van der Waals surface area contributed by atoms with E-state index in [0.29, 0.717) is 24.8 Å². The maximum absolute atomic E-state index is 5.82. The minimum Gasteiger partial charge on any atom is -0.339 e. The van der Waals surface area contributed by atoms with Crippen LogP contribution in [0.25, 0.3) is 10.9 Å². The van der Waals surface area contributed by atoms with E-state index in [9.17, 15) is 0 Å². The minimum absolute atomic E-state index is 0.523. The van der Waals surface area contributed by atoms with E-state index >= 15 is 0 Å². The molecule has 5 heteroatoms. The Morgan fingerprint density at radius 2 is 2.20 bits per heavy atom. The van der Waals surface area contributed by atoms with Gasteiger partial charge in [-0.2, -0.15) is 4.98 Å². The van der Waals surface area contributed by atoms with E-state index in [-0.39, 0.29) is 0 Å². The number of nitrogens with two attached hydrogens (primary N) is 1. The Kier molecular flexibility index (Phi) is 3.52. The fourth-order valence-electron chi connectivity index (χ4n) is 2.46. The molecule has 0 amide bonds.